The number of H-pyrrole nitrogens is 1. The van der Waals surface area contributed by atoms with Crippen molar-refractivity contribution in [2.24, 2.45) is 5.41 Å². The van der Waals surface area contributed by atoms with Crippen molar-refractivity contribution in [1.29, 1.82) is 0 Å². The Morgan fingerprint density at radius 1 is 0.980 bits per heavy atom. The summed E-state index contributed by atoms with van der Waals surface area (Å²) in [6.07, 6.45) is 12.4. The Morgan fingerprint density at radius 2 is 1.71 bits per heavy atom. The average molecular weight is 723 g/mol. The summed E-state index contributed by atoms with van der Waals surface area (Å²) in [6.45, 7) is 17.1. The number of likely N-dealkylation sites (tertiary alicyclic amines) is 1. The molecule has 0 bridgehead atoms. The lowest BCUT2D eigenvalue weighted by Gasteiger charge is -2.45. The summed E-state index contributed by atoms with van der Waals surface area (Å²) in [4.78, 5) is 35.8. The lowest BCUT2D eigenvalue weighted by Crippen LogP contribution is -2.57. The first-order valence-electron chi connectivity index (χ1n) is 18.3. The van der Waals surface area contributed by atoms with Crippen molar-refractivity contribution in [2.75, 3.05) is 50.1 Å². The number of carboxylic acid groups (broad SMARTS) is 1. The molecule has 0 aliphatic carbocycles. The molecule has 51 heavy (non-hydrogen) atoms. The zero-order chi connectivity index (χ0) is 36.8. The highest BCUT2D eigenvalue weighted by atomic mass is 28.3. The van der Waals surface area contributed by atoms with Crippen LogP contribution >= 0.6 is 0 Å². The number of amides is 1. The van der Waals surface area contributed by atoms with E-state index in [1.54, 1.807) is 34.6 Å². The lowest BCUT2D eigenvalue weighted by atomic mass is 9.80. The normalized spacial score (nSPS) is 20.4. The molecule has 0 radical (unpaired) electrons. The number of nitrogens with one attached hydrogen (secondary N) is 2. The van der Waals surface area contributed by atoms with Crippen LogP contribution in [0.5, 0.6) is 0 Å². The number of carbonyl (C=O) groups is 1. The fourth-order valence-electron chi connectivity index (χ4n) is 7.29. The number of likely N-dealkylation sites (N-methyl/N-ethyl adjacent to an activating group) is 2. The SMILES string of the molecule is CN(c1ncnc2[nH]ncc12)C1CCCCNC1.CN(c1ncnc2c1cnn2COCC[Si](C)(C)C)C1CCCCN(C(=O)O)C1C(C)(C)C. The van der Waals surface area contributed by atoms with Gasteiger partial charge in [0.1, 0.15) is 31.0 Å². The molecule has 280 valence electrons. The molecule has 4 aromatic heterocycles. The summed E-state index contributed by atoms with van der Waals surface area (Å²) >= 11 is 0. The summed E-state index contributed by atoms with van der Waals surface area (Å²) in [6, 6.07) is 1.43. The highest BCUT2D eigenvalue weighted by Crippen LogP contribution is 2.36. The molecule has 3 N–H and O–H groups in total. The summed E-state index contributed by atoms with van der Waals surface area (Å²) in [5, 5.41) is 26.7. The van der Waals surface area contributed by atoms with Crippen LogP contribution in [0.1, 0.15) is 59.3 Å². The van der Waals surface area contributed by atoms with Crippen molar-refractivity contribution in [2.45, 2.75) is 110 Å². The number of aromatic amines is 1. The minimum absolute atomic E-state index is 0.00181. The fraction of sp³-hybridized carbons (Fsp3) is 0.686. The van der Waals surface area contributed by atoms with Crippen LogP contribution in [0.2, 0.25) is 25.7 Å². The number of rotatable bonds is 9. The number of nitrogens with zero attached hydrogens (tertiary/aromatic N) is 10. The minimum atomic E-state index is -1.15. The largest absolute Gasteiger partial charge is 0.465 e. The van der Waals surface area contributed by atoms with Gasteiger partial charge in [-0.05, 0) is 50.1 Å². The topological polar surface area (TPSA) is 166 Å². The first-order chi connectivity index (χ1) is 24.3. The third-order valence-electron chi connectivity index (χ3n) is 10.1. The van der Waals surface area contributed by atoms with Gasteiger partial charge in [0.25, 0.3) is 0 Å². The van der Waals surface area contributed by atoms with Crippen LogP contribution in [-0.2, 0) is 11.5 Å². The van der Waals surface area contributed by atoms with Crippen LogP contribution in [0.15, 0.2) is 25.0 Å². The zero-order valence-corrected chi connectivity index (χ0v) is 32.8. The van der Waals surface area contributed by atoms with Gasteiger partial charge in [-0.3, -0.25) is 5.10 Å². The second-order valence-corrected chi connectivity index (χ2v) is 21.8. The van der Waals surface area contributed by atoms with E-state index in [4.69, 9.17) is 4.74 Å². The van der Waals surface area contributed by atoms with Gasteiger partial charge in [-0.1, -0.05) is 46.8 Å². The van der Waals surface area contributed by atoms with Gasteiger partial charge in [-0.2, -0.15) is 10.2 Å². The molecular weight excluding hydrogens is 665 g/mol. The molecular formula is C35H58N12O3Si. The fourth-order valence-corrected chi connectivity index (χ4v) is 8.04. The third kappa shape index (κ3) is 9.51. The zero-order valence-electron chi connectivity index (χ0n) is 31.8. The molecule has 3 unspecified atom stereocenters. The summed E-state index contributed by atoms with van der Waals surface area (Å²) in [5.41, 5.74) is 1.31. The van der Waals surface area contributed by atoms with E-state index in [0.717, 1.165) is 78.7 Å². The molecule has 0 spiro atoms. The highest BCUT2D eigenvalue weighted by molar-refractivity contribution is 6.76. The van der Waals surface area contributed by atoms with Crippen molar-refractivity contribution in [3.05, 3.63) is 25.0 Å². The second kappa shape index (κ2) is 16.6. The maximum atomic E-state index is 12.1. The van der Waals surface area contributed by atoms with Crippen molar-refractivity contribution in [1.82, 2.24) is 50.1 Å². The molecule has 2 fully saturated rings. The molecule has 2 aliphatic heterocycles. The van der Waals surface area contributed by atoms with Crippen molar-refractivity contribution < 1.29 is 14.6 Å². The van der Waals surface area contributed by atoms with Crippen molar-refractivity contribution in [3.63, 3.8) is 0 Å². The van der Waals surface area contributed by atoms with E-state index >= 15 is 0 Å². The van der Waals surface area contributed by atoms with E-state index < -0.39 is 14.2 Å². The Labute approximate surface area is 302 Å². The second-order valence-electron chi connectivity index (χ2n) is 16.2. The van der Waals surface area contributed by atoms with Crippen LogP contribution < -0.4 is 15.1 Å². The van der Waals surface area contributed by atoms with Gasteiger partial charge in [0.2, 0.25) is 0 Å². The minimum Gasteiger partial charge on any atom is -0.465 e. The molecule has 0 aromatic carbocycles. The van der Waals surface area contributed by atoms with Crippen LogP contribution in [0.25, 0.3) is 22.1 Å². The van der Waals surface area contributed by atoms with E-state index in [-0.39, 0.29) is 17.5 Å². The first kappa shape index (κ1) is 38.3. The molecule has 4 aromatic rings. The monoisotopic (exact) mass is 722 g/mol. The van der Waals surface area contributed by atoms with Crippen LogP contribution in [-0.4, -0.2) is 123 Å². The Morgan fingerprint density at radius 3 is 2.43 bits per heavy atom. The number of hydrogen-bond donors (Lipinski definition) is 3. The standard InChI is InChI=1S/C23H40N6O3Si.C12H18N6/c1-23(2,3)19-18(10-8-9-11-28(19)22(30)31)27(4)20-17-14-26-29(21(17)25-15-24-20)16-32-12-13-33(5,6)7;1-18(9-4-2-3-5-13-6-9)12-10-7-16-17-11(10)14-8-15-12/h14-15,18-19H,8-13,16H2,1-7H3,(H,30,31);7-9,13H,2-6H2,1H3,(H,14,15,16,17). The average Bonchev–Trinajstić information content (AvgIpc) is 3.54. The number of aromatic nitrogens is 8. The number of hydrogen-bond acceptors (Lipinski definition) is 11. The van der Waals surface area contributed by atoms with E-state index in [1.807, 2.05) is 7.05 Å². The van der Waals surface area contributed by atoms with E-state index in [0.29, 0.717) is 19.3 Å². The molecule has 15 nitrogen and oxygen atoms in total. The molecule has 0 saturated carbocycles. The number of anilines is 2. The van der Waals surface area contributed by atoms with Gasteiger partial charge < -0.3 is 29.9 Å². The summed E-state index contributed by atoms with van der Waals surface area (Å²) in [7, 11) is 2.97. The molecule has 2 aliphatic rings. The highest BCUT2D eigenvalue weighted by Gasteiger charge is 2.43. The van der Waals surface area contributed by atoms with Gasteiger partial charge >= 0.3 is 6.09 Å². The van der Waals surface area contributed by atoms with Gasteiger partial charge in [0.05, 0.1) is 35.2 Å². The molecule has 16 heteroatoms. The van der Waals surface area contributed by atoms with E-state index in [1.165, 1.54) is 19.3 Å². The van der Waals surface area contributed by atoms with Gasteiger partial charge in [0, 0.05) is 47.9 Å². The van der Waals surface area contributed by atoms with Crippen LogP contribution in [0, 0.1) is 5.41 Å². The van der Waals surface area contributed by atoms with Gasteiger partial charge in [0.15, 0.2) is 11.3 Å². The Balaban J connectivity index is 0.000000234. The Hall–Kier alpha value is -3.89. The smallest absolute Gasteiger partial charge is 0.407 e. The maximum absolute atomic E-state index is 12.1. The molecule has 6 heterocycles. The maximum Gasteiger partial charge on any atom is 0.407 e. The third-order valence-corrected chi connectivity index (χ3v) is 11.8. The van der Waals surface area contributed by atoms with Gasteiger partial charge in [-0.25, -0.2) is 29.4 Å². The van der Waals surface area contributed by atoms with E-state index in [9.17, 15) is 9.90 Å². The predicted octanol–water partition coefficient (Wildman–Crippen LogP) is 5.45. The predicted molar refractivity (Wildman–Crippen MR) is 204 cm³/mol. The van der Waals surface area contributed by atoms with Crippen LogP contribution in [0.3, 0.4) is 0 Å². The lowest BCUT2D eigenvalue weighted by molar-refractivity contribution is 0.0739. The van der Waals surface area contributed by atoms with Crippen molar-refractivity contribution in [3.8, 4) is 0 Å². The molecule has 2 saturated heterocycles. The summed E-state index contributed by atoms with van der Waals surface area (Å²) < 4.78 is 7.66. The Kier molecular flexibility index (Phi) is 12.5. The number of fused-ring (bicyclic) bond motifs is 2. The molecule has 3 atom stereocenters. The van der Waals surface area contributed by atoms with Gasteiger partial charge in [-0.15, -0.1) is 0 Å². The first-order valence-corrected chi connectivity index (χ1v) is 22.0. The molecule has 6 rings (SSSR count). The molecule has 1 amide bonds. The number of ether oxygens (including phenoxy) is 1. The van der Waals surface area contributed by atoms with Crippen molar-refractivity contribution >= 4 is 47.9 Å². The van der Waals surface area contributed by atoms with Crippen LogP contribution in [0.4, 0.5) is 16.4 Å². The summed E-state index contributed by atoms with van der Waals surface area (Å²) in [5.74, 6) is 1.74. The Bertz CT molecular complexity index is 1710. The van der Waals surface area contributed by atoms with E-state index in [2.05, 4.69) is 97.8 Å². The quantitative estimate of drug-likeness (QED) is 0.148.